The third-order valence-corrected chi connectivity index (χ3v) is 2.39. The maximum Gasteiger partial charge on any atom is 0.0588 e. The van der Waals surface area contributed by atoms with Crippen LogP contribution >= 0.6 is 0 Å². The zero-order chi connectivity index (χ0) is 13.5. The molecule has 1 unspecified atom stereocenters. The first-order valence-electron chi connectivity index (χ1n) is 6.28. The molecular weight excluding hydrogens is 212 g/mol. The van der Waals surface area contributed by atoms with E-state index in [4.69, 9.17) is 18.0 Å². The van der Waals surface area contributed by atoms with Gasteiger partial charge in [0.1, 0.15) is 0 Å². The first-order chi connectivity index (χ1) is 8.85. The van der Waals surface area contributed by atoms with Crippen LogP contribution in [0, 0.1) is 0 Å². The van der Waals surface area contributed by atoms with Gasteiger partial charge in [-0.3, -0.25) is 0 Å². The van der Waals surface area contributed by atoms with Crippen molar-refractivity contribution in [2.75, 3.05) is 13.2 Å². The van der Waals surface area contributed by atoms with Gasteiger partial charge in [-0.25, -0.2) is 0 Å². The standard InChI is InChI=1S/C6H13B10O2/c7-9-11-13-15-16-14-12-10-8-6(3-5-18)2-1-4-17/h6,17-18H,1-5H2. The second-order valence-electron chi connectivity index (χ2n) is 3.87. The Morgan fingerprint density at radius 2 is 1.39 bits per heavy atom. The molecule has 18 heavy (non-hydrogen) atoms. The van der Waals surface area contributed by atoms with Crippen molar-refractivity contribution in [1.29, 1.82) is 0 Å². The molecule has 0 bridgehead atoms. The van der Waals surface area contributed by atoms with Crippen LogP contribution in [0.3, 0.4) is 0 Å². The second kappa shape index (κ2) is 15.6. The lowest BCUT2D eigenvalue weighted by Crippen LogP contribution is -2.32. The fraction of sp³-hybridized carbons (Fsp3) is 1.00. The Kier molecular flexibility index (Phi) is 16.1. The van der Waals surface area contributed by atoms with E-state index in [1.165, 1.54) is 7.06 Å². The predicted molar refractivity (Wildman–Crippen MR) is 89.3 cm³/mol. The predicted octanol–water partition coefficient (Wildman–Crippen LogP) is -3.33. The summed E-state index contributed by atoms with van der Waals surface area (Å²) in [7, 11) is 22.0. The Labute approximate surface area is 120 Å². The topological polar surface area (TPSA) is 40.5 Å². The summed E-state index contributed by atoms with van der Waals surface area (Å²) in [6, 6.07) is 0. The minimum atomic E-state index is 0.185. The Balaban J connectivity index is 3.31. The van der Waals surface area contributed by atoms with Crippen LogP contribution in [0.25, 0.3) is 0 Å². The summed E-state index contributed by atoms with van der Waals surface area (Å²) in [5.41, 5.74) is 0. The van der Waals surface area contributed by atoms with Crippen molar-refractivity contribution in [3.05, 3.63) is 0 Å². The van der Waals surface area contributed by atoms with Gasteiger partial charge >= 0.3 is 0 Å². The number of aliphatic hydroxyl groups excluding tert-OH is 2. The summed E-state index contributed by atoms with van der Waals surface area (Å²) in [4.78, 5) is 0. The molecule has 0 saturated carbocycles. The molecule has 2 N–H and O–H groups in total. The highest BCUT2D eigenvalue weighted by atomic mass is 16.3. The van der Waals surface area contributed by atoms with Gasteiger partial charge in [-0.15, -0.1) is 0 Å². The first kappa shape index (κ1) is 18.6. The van der Waals surface area contributed by atoms with Crippen molar-refractivity contribution >= 4 is 71.4 Å². The Hall–Kier alpha value is 0.569. The first-order valence-corrected chi connectivity index (χ1v) is 6.28. The minimum absolute atomic E-state index is 0.185. The van der Waals surface area contributed by atoms with Crippen molar-refractivity contribution in [1.82, 2.24) is 0 Å². The summed E-state index contributed by atoms with van der Waals surface area (Å²) in [5, 5.41) is 17.7. The van der Waals surface area contributed by atoms with Crippen LogP contribution in [0.5, 0.6) is 0 Å². The SMILES string of the molecule is [B][B][B][B][B][B][B][B][B][B]C(CCO)CCCO. The van der Waals surface area contributed by atoms with Crippen molar-refractivity contribution in [2.24, 2.45) is 0 Å². The van der Waals surface area contributed by atoms with E-state index < -0.39 is 0 Å². The van der Waals surface area contributed by atoms with Gasteiger partial charge in [-0.1, -0.05) is 12.2 Å². The van der Waals surface area contributed by atoms with E-state index in [0.29, 0.717) is 5.82 Å². The van der Waals surface area contributed by atoms with Crippen LogP contribution in [0.4, 0.5) is 0 Å². The fourth-order valence-corrected chi connectivity index (χ4v) is 1.46. The average Bonchev–Trinajstić information content (AvgIpc) is 2.39. The van der Waals surface area contributed by atoms with Crippen LogP contribution in [0.2, 0.25) is 5.82 Å². The largest absolute Gasteiger partial charge is 0.396 e. The molecule has 0 aromatic carbocycles. The molecule has 0 heterocycles. The molecule has 0 aromatic heterocycles. The van der Waals surface area contributed by atoms with Crippen molar-refractivity contribution in [3.8, 4) is 0 Å². The molecule has 11 radical (unpaired) electrons. The smallest absolute Gasteiger partial charge is 0.0588 e. The van der Waals surface area contributed by atoms with Gasteiger partial charge in [0.05, 0.1) is 7.17 Å². The molecule has 0 aromatic rings. The molecule has 2 nitrogen and oxygen atoms in total. The Morgan fingerprint density at radius 1 is 0.778 bits per heavy atom. The van der Waals surface area contributed by atoms with Crippen molar-refractivity contribution < 1.29 is 10.2 Å². The van der Waals surface area contributed by atoms with Crippen molar-refractivity contribution in [2.45, 2.75) is 25.1 Å². The maximum atomic E-state index is 8.91. The molecule has 79 valence electrons. The van der Waals surface area contributed by atoms with E-state index in [-0.39, 0.29) is 13.2 Å². The summed E-state index contributed by atoms with van der Waals surface area (Å²) < 4.78 is 0. The van der Waals surface area contributed by atoms with Gasteiger partial charge in [-0.05, 0) is 12.8 Å². The Morgan fingerprint density at radius 3 is 1.94 bits per heavy atom. The molecule has 12 heteroatoms. The summed E-state index contributed by atoms with van der Waals surface area (Å²) in [6.07, 6.45) is 2.43. The molecule has 0 aliphatic carbocycles. The Bertz CT molecular complexity index is 163. The molecule has 1 atom stereocenters. The van der Waals surface area contributed by atoms with E-state index in [0.717, 1.165) is 19.3 Å². The van der Waals surface area contributed by atoms with Crippen LogP contribution in [0.1, 0.15) is 19.3 Å². The van der Waals surface area contributed by atoms with Crippen LogP contribution < -0.4 is 0 Å². The molecule has 0 spiro atoms. The zero-order valence-corrected chi connectivity index (χ0v) is 10.8. The van der Waals surface area contributed by atoms with E-state index in [2.05, 4.69) is 7.17 Å². The van der Waals surface area contributed by atoms with Gasteiger partial charge in [0, 0.05) is 77.4 Å². The lowest BCUT2D eigenvalue weighted by Gasteiger charge is -2.13. The van der Waals surface area contributed by atoms with Gasteiger partial charge < -0.3 is 10.2 Å². The highest BCUT2D eigenvalue weighted by Gasteiger charge is 2.08. The van der Waals surface area contributed by atoms with Crippen LogP contribution in [0.15, 0.2) is 0 Å². The third-order valence-electron chi connectivity index (χ3n) is 2.39. The number of aliphatic hydroxyl groups is 2. The van der Waals surface area contributed by atoms with Gasteiger partial charge in [0.15, 0.2) is 0 Å². The van der Waals surface area contributed by atoms with Gasteiger partial charge in [0.25, 0.3) is 0 Å². The molecule has 0 amide bonds. The normalized spacial score (nSPS) is 10.8. The quantitative estimate of drug-likeness (QED) is 0.240. The zero-order valence-electron chi connectivity index (χ0n) is 10.8. The molecule has 0 rings (SSSR count). The molecular formula is C6H13B10O2. The second-order valence-corrected chi connectivity index (χ2v) is 3.87. The van der Waals surface area contributed by atoms with E-state index in [9.17, 15) is 0 Å². The molecule has 0 fully saturated rings. The highest BCUT2D eigenvalue weighted by molar-refractivity contribution is 7.68. The number of hydrogen-bond acceptors (Lipinski definition) is 2. The van der Waals surface area contributed by atoms with E-state index >= 15 is 0 Å². The van der Waals surface area contributed by atoms with Crippen molar-refractivity contribution in [3.63, 3.8) is 0 Å². The molecule has 0 aliphatic rings. The number of hydrogen-bond donors (Lipinski definition) is 2. The fourth-order valence-electron chi connectivity index (χ4n) is 1.46. The van der Waals surface area contributed by atoms with Gasteiger partial charge in [-0.2, -0.15) is 0 Å². The summed E-state index contributed by atoms with van der Waals surface area (Å²) in [6.45, 7) is 0.392. The van der Waals surface area contributed by atoms with E-state index in [1.54, 1.807) is 7.06 Å². The molecule has 0 saturated heterocycles. The minimum Gasteiger partial charge on any atom is -0.396 e. The molecule has 0 aliphatic heterocycles. The lowest BCUT2D eigenvalue weighted by molar-refractivity contribution is 0.265. The third kappa shape index (κ3) is 13.0. The van der Waals surface area contributed by atoms with E-state index in [1.807, 2.05) is 42.4 Å². The average molecular weight is 225 g/mol. The maximum absolute atomic E-state index is 8.91. The number of rotatable bonds is 14. The van der Waals surface area contributed by atoms with Gasteiger partial charge in [0.2, 0.25) is 0 Å². The lowest BCUT2D eigenvalue weighted by atomic mass is 8.88. The van der Waals surface area contributed by atoms with Crippen LogP contribution in [-0.2, 0) is 0 Å². The highest BCUT2D eigenvalue weighted by Crippen LogP contribution is 2.15. The van der Waals surface area contributed by atoms with Crippen LogP contribution in [-0.4, -0.2) is 94.8 Å². The monoisotopic (exact) mass is 227 g/mol. The summed E-state index contributed by atoms with van der Waals surface area (Å²) >= 11 is 0. The summed E-state index contributed by atoms with van der Waals surface area (Å²) in [5.74, 6) is 0.336.